The first-order chi connectivity index (χ1) is 12.2. The first kappa shape index (κ1) is 19.1. The number of aryl methyl sites for hydroxylation is 3. The largest absolute Gasteiger partial charge is 0.293 e. The fourth-order valence-corrected chi connectivity index (χ4v) is 5.39. The number of carbonyl (C=O) groups excluding carboxylic acids is 1. The van der Waals surface area contributed by atoms with Crippen molar-refractivity contribution < 1.29 is 13.2 Å². The zero-order chi connectivity index (χ0) is 19.2. The number of halogens is 2. The average molecular weight is 456 g/mol. The van der Waals surface area contributed by atoms with Gasteiger partial charge in [0.05, 0.1) is 10.2 Å². The molecule has 0 atom stereocenters. The van der Waals surface area contributed by atoms with E-state index in [0.29, 0.717) is 16.5 Å². The van der Waals surface area contributed by atoms with Crippen molar-refractivity contribution in [2.75, 3.05) is 5.33 Å². The van der Waals surface area contributed by atoms with Gasteiger partial charge in [-0.1, -0.05) is 45.2 Å². The van der Waals surface area contributed by atoms with E-state index in [1.807, 2.05) is 19.1 Å². The quantitative estimate of drug-likeness (QED) is 0.331. The van der Waals surface area contributed by atoms with Crippen molar-refractivity contribution in [1.82, 2.24) is 8.96 Å². The summed E-state index contributed by atoms with van der Waals surface area (Å²) in [6.07, 6.45) is 1.33. The van der Waals surface area contributed by atoms with Crippen LogP contribution in [0.4, 0.5) is 0 Å². The van der Waals surface area contributed by atoms with Gasteiger partial charge in [0.15, 0.2) is 11.4 Å². The number of carbonyl (C=O) groups is 1. The zero-order valence-electron chi connectivity index (χ0n) is 14.4. The average Bonchev–Trinajstić information content (AvgIpc) is 2.92. The van der Waals surface area contributed by atoms with Crippen LogP contribution in [0, 0.1) is 20.8 Å². The van der Waals surface area contributed by atoms with Crippen molar-refractivity contribution in [3.05, 3.63) is 57.9 Å². The summed E-state index contributed by atoms with van der Waals surface area (Å²) >= 11 is 9.11. The number of Topliss-reactive ketones (excluding diaryl/α,β-unsaturated/α-hetero) is 1. The van der Waals surface area contributed by atoms with Gasteiger partial charge in [-0.05, 0) is 44.0 Å². The van der Waals surface area contributed by atoms with Crippen LogP contribution >= 0.6 is 27.5 Å². The van der Waals surface area contributed by atoms with Crippen LogP contribution in [0.5, 0.6) is 0 Å². The SMILES string of the molecule is Cc1cc(C)c(S(=O)(=O)n2cc(C(=O)CBr)c3ccc(Cl)nc32)c(C)c1. The fourth-order valence-electron chi connectivity index (χ4n) is 3.20. The normalized spacial score (nSPS) is 11.9. The lowest BCUT2D eigenvalue weighted by atomic mass is 10.1. The van der Waals surface area contributed by atoms with Crippen LogP contribution in [0.2, 0.25) is 5.15 Å². The number of fused-ring (bicyclic) bond motifs is 1. The van der Waals surface area contributed by atoms with Gasteiger partial charge in [-0.3, -0.25) is 4.79 Å². The van der Waals surface area contributed by atoms with Gasteiger partial charge >= 0.3 is 0 Å². The van der Waals surface area contributed by atoms with Gasteiger partial charge in [0.25, 0.3) is 10.0 Å². The summed E-state index contributed by atoms with van der Waals surface area (Å²) in [6, 6.07) is 6.78. The summed E-state index contributed by atoms with van der Waals surface area (Å²) in [5.74, 6) is -0.231. The van der Waals surface area contributed by atoms with Crippen LogP contribution in [0.15, 0.2) is 35.4 Å². The van der Waals surface area contributed by atoms with Gasteiger partial charge < -0.3 is 0 Å². The molecule has 26 heavy (non-hydrogen) atoms. The van der Waals surface area contributed by atoms with Crippen molar-refractivity contribution in [2.24, 2.45) is 0 Å². The van der Waals surface area contributed by atoms with Crippen LogP contribution in [-0.2, 0) is 10.0 Å². The van der Waals surface area contributed by atoms with E-state index < -0.39 is 10.0 Å². The van der Waals surface area contributed by atoms with Crippen molar-refractivity contribution in [3.63, 3.8) is 0 Å². The molecule has 3 rings (SSSR count). The number of rotatable bonds is 4. The van der Waals surface area contributed by atoms with E-state index in [2.05, 4.69) is 20.9 Å². The van der Waals surface area contributed by atoms with E-state index in [9.17, 15) is 13.2 Å². The highest BCUT2D eigenvalue weighted by atomic mass is 79.9. The van der Waals surface area contributed by atoms with Gasteiger partial charge in [0.1, 0.15) is 5.15 Å². The summed E-state index contributed by atoms with van der Waals surface area (Å²) in [4.78, 5) is 16.6. The Labute approximate surface area is 165 Å². The minimum absolute atomic E-state index is 0.0807. The first-order valence-electron chi connectivity index (χ1n) is 7.77. The van der Waals surface area contributed by atoms with E-state index in [-0.39, 0.29) is 32.4 Å². The molecule has 3 aromatic rings. The lowest BCUT2D eigenvalue weighted by Gasteiger charge is -2.13. The predicted octanol–water partition coefficient (Wildman–Crippen LogP) is 4.43. The highest BCUT2D eigenvalue weighted by Gasteiger charge is 2.27. The molecule has 0 aliphatic rings. The van der Waals surface area contributed by atoms with Gasteiger partial charge in [-0.15, -0.1) is 0 Å². The Morgan fingerprint density at radius 1 is 1.19 bits per heavy atom. The maximum absolute atomic E-state index is 13.4. The molecule has 1 aromatic carbocycles. The van der Waals surface area contributed by atoms with E-state index in [0.717, 1.165) is 9.54 Å². The van der Waals surface area contributed by atoms with Crippen molar-refractivity contribution in [2.45, 2.75) is 25.7 Å². The lowest BCUT2D eigenvalue weighted by Crippen LogP contribution is -2.15. The van der Waals surface area contributed by atoms with Gasteiger partial charge in [-0.2, -0.15) is 0 Å². The lowest BCUT2D eigenvalue weighted by molar-refractivity contribution is 0.102. The molecule has 0 aliphatic heterocycles. The molecule has 2 heterocycles. The molecule has 0 unspecified atom stereocenters. The van der Waals surface area contributed by atoms with Crippen LogP contribution in [0.25, 0.3) is 11.0 Å². The second-order valence-corrected chi connectivity index (χ2v) is 8.83. The van der Waals surface area contributed by atoms with Crippen LogP contribution < -0.4 is 0 Å². The molecule has 0 bridgehead atoms. The second-order valence-electron chi connectivity index (χ2n) is 6.13. The number of hydrogen-bond donors (Lipinski definition) is 0. The number of ketones is 1. The Morgan fingerprint density at radius 2 is 1.81 bits per heavy atom. The minimum Gasteiger partial charge on any atom is -0.293 e. The first-order valence-corrected chi connectivity index (χ1v) is 10.7. The summed E-state index contributed by atoms with van der Waals surface area (Å²) in [7, 11) is -3.95. The number of nitrogens with zero attached hydrogens (tertiary/aromatic N) is 2. The topological polar surface area (TPSA) is 69.0 Å². The number of pyridine rings is 1. The molecule has 8 heteroatoms. The Bertz CT molecular complexity index is 1130. The molecule has 5 nitrogen and oxygen atoms in total. The molecule has 136 valence electrons. The van der Waals surface area contributed by atoms with Crippen molar-refractivity contribution in [1.29, 1.82) is 0 Å². The minimum atomic E-state index is -3.95. The number of benzene rings is 1. The van der Waals surface area contributed by atoms with Crippen LogP contribution in [0.3, 0.4) is 0 Å². The second kappa shape index (κ2) is 6.79. The molecule has 0 fully saturated rings. The number of aromatic nitrogens is 2. The molecular weight excluding hydrogens is 440 g/mol. The summed E-state index contributed by atoms with van der Waals surface area (Å²) in [5.41, 5.74) is 2.68. The molecule has 0 saturated carbocycles. The molecule has 2 aromatic heterocycles. The van der Waals surface area contributed by atoms with E-state index in [4.69, 9.17) is 11.6 Å². The van der Waals surface area contributed by atoms with E-state index >= 15 is 0 Å². The van der Waals surface area contributed by atoms with Crippen molar-refractivity contribution in [3.8, 4) is 0 Å². The molecule has 0 amide bonds. The zero-order valence-corrected chi connectivity index (χ0v) is 17.5. The number of alkyl halides is 1. The molecule has 0 spiro atoms. The van der Waals surface area contributed by atoms with Gasteiger partial charge in [0, 0.05) is 17.1 Å². The predicted molar refractivity (Wildman–Crippen MR) is 106 cm³/mol. The third kappa shape index (κ3) is 3.08. The Balaban J connectivity index is 2.38. The maximum Gasteiger partial charge on any atom is 0.269 e. The summed E-state index contributed by atoms with van der Waals surface area (Å²) in [5, 5.41) is 0.685. The molecule has 0 saturated heterocycles. The van der Waals surface area contributed by atoms with E-state index in [1.54, 1.807) is 19.9 Å². The van der Waals surface area contributed by atoms with E-state index in [1.165, 1.54) is 12.3 Å². The number of hydrogen-bond acceptors (Lipinski definition) is 4. The van der Waals surface area contributed by atoms with Crippen LogP contribution in [0.1, 0.15) is 27.0 Å². The smallest absolute Gasteiger partial charge is 0.269 e. The standard InChI is InChI=1S/C18H16BrClN2O3S/c1-10-6-11(2)17(12(3)7-10)26(24,25)22-9-14(15(23)8-19)13-4-5-16(20)21-18(13)22/h4-7,9H,8H2,1-3H3. The molecular formula is C18H16BrClN2O3S. The van der Waals surface area contributed by atoms with Crippen LogP contribution in [-0.4, -0.2) is 28.5 Å². The Hall–Kier alpha value is -1.70. The van der Waals surface area contributed by atoms with Gasteiger partial charge in [-0.25, -0.2) is 17.4 Å². The molecule has 0 radical (unpaired) electrons. The summed E-state index contributed by atoms with van der Waals surface area (Å²) < 4.78 is 27.8. The third-order valence-corrected chi connectivity index (χ3v) is 6.81. The third-order valence-electron chi connectivity index (χ3n) is 4.13. The maximum atomic E-state index is 13.4. The molecule has 0 N–H and O–H groups in total. The van der Waals surface area contributed by atoms with Crippen molar-refractivity contribution >= 4 is 54.4 Å². The highest BCUT2D eigenvalue weighted by molar-refractivity contribution is 9.09. The highest BCUT2D eigenvalue weighted by Crippen LogP contribution is 2.30. The molecule has 0 aliphatic carbocycles. The fraction of sp³-hybridized carbons (Fsp3) is 0.222. The summed E-state index contributed by atoms with van der Waals surface area (Å²) in [6.45, 7) is 5.42. The Morgan fingerprint density at radius 3 is 2.38 bits per heavy atom. The Kier molecular flexibility index (Phi) is 4.98. The monoisotopic (exact) mass is 454 g/mol. The van der Waals surface area contributed by atoms with Gasteiger partial charge in [0.2, 0.25) is 0 Å².